The fraction of sp³-hybridized carbons (Fsp3) is 0.0769. The van der Waals surface area contributed by atoms with E-state index in [2.05, 4.69) is 10.3 Å². The number of nitrogens with one attached hydrogen (secondary N) is 1. The van der Waals surface area contributed by atoms with Crippen molar-refractivity contribution in [3.63, 3.8) is 0 Å². The molecule has 0 aliphatic heterocycles. The predicted molar refractivity (Wildman–Crippen MR) is 74.5 cm³/mol. The molecule has 0 fully saturated rings. The van der Waals surface area contributed by atoms with Gasteiger partial charge in [0.05, 0.1) is 5.56 Å². The molecule has 1 heterocycles. The monoisotopic (exact) mass is 279 g/mol. The summed E-state index contributed by atoms with van der Waals surface area (Å²) in [7, 11) is 0. The standard InChI is InChI=1S/C13H11F2N3S/c1-7-5-6-17-13(10(7)12(16)19)18-11-8(14)3-2-4-9(11)15/h2-6H,1H3,(H2,16,19)(H,17,18). The molecule has 0 unspecified atom stereocenters. The fourth-order valence-electron chi connectivity index (χ4n) is 1.70. The van der Waals surface area contributed by atoms with Crippen LogP contribution in [-0.4, -0.2) is 9.97 Å². The highest BCUT2D eigenvalue weighted by Gasteiger charge is 2.14. The van der Waals surface area contributed by atoms with Gasteiger partial charge in [0.2, 0.25) is 0 Å². The SMILES string of the molecule is Cc1ccnc(Nc2c(F)cccc2F)c1C(N)=S. The van der Waals surface area contributed by atoms with Crippen molar-refractivity contribution in [3.05, 3.63) is 53.2 Å². The van der Waals surface area contributed by atoms with Gasteiger partial charge in [-0.15, -0.1) is 0 Å². The van der Waals surface area contributed by atoms with Crippen molar-refractivity contribution in [2.45, 2.75) is 6.92 Å². The van der Waals surface area contributed by atoms with Crippen molar-refractivity contribution in [1.82, 2.24) is 4.98 Å². The molecule has 98 valence electrons. The second kappa shape index (κ2) is 5.27. The maximum atomic E-state index is 13.6. The summed E-state index contributed by atoms with van der Waals surface area (Å²) in [6.07, 6.45) is 1.51. The second-order valence-corrected chi connectivity index (χ2v) is 4.38. The lowest BCUT2D eigenvalue weighted by molar-refractivity contribution is 0.590. The van der Waals surface area contributed by atoms with E-state index in [-0.39, 0.29) is 16.5 Å². The first-order chi connectivity index (χ1) is 9.00. The third kappa shape index (κ3) is 2.68. The van der Waals surface area contributed by atoms with Crippen LogP contribution in [0.2, 0.25) is 0 Å². The average Bonchev–Trinajstić information content (AvgIpc) is 2.33. The summed E-state index contributed by atoms with van der Waals surface area (Å²) in [4.78, 5) is 4.14. The van der Waals surface area contributed by atoms with Crippen LogP contribution in [0.15, 0.2) is 30.5 Å². The first kappa shape index (κ1) is 13.4. The van der Waals surface area contributed by atoms with Crippen LogP contribution in [0.25, 0.3) is 0 Å². The number of para-hydroxylation sites is 1. The lowest BCUT2D eigenvalue weighted by Gasteiger charge is -2.13. The Kier molecular flexibility index (Phi) is 3.71. The van der Waals surface area contributed by atoms with Crippen molar-refractivity contribution in [1.29, 1.82) is 0 Å². The average molecular weight is 279 g/mol. The lowest BCUT2D eigenvalue weighted by Crippen LogP contribution is -2.15. The summed E-state index contributed by atoms with van der Waals surface area (Å²) in [5.74, 6) is -1.19. The Morgan fingerprint density at radius 3 is 2.47 bits per heavy atom. The van der Waals surface area contributed by atoms with E-state index in [1.54, 1.807) is 13.0 Å². The van der Waals surface area contributed by atoms with Gasteiger partial charge >= 0.3 is 0 Å². The highest BCUT2D eigenvalue weighted by Crippen LogP contribution is 2.25. The van der Waals surface area contributed by atoms with Crippen molar-refractivity contribution in [2.24, 2.45) is 5.73 Å². The summed E-state index contributed by atoms with van der Waals surface area (Å²) in [5, 5.41) is 2.60. The summed E-state index contributed by atoms with van der Waals surface area (Å²) in [5.41, 5.74) is 6.58. The van der Waals surface area contributed by atoms with Crippen LogP contribution in [0.3, 0.4) is 0 Å². The van der Waals surface area contributed by atoms with E-state index in [0.29, 0.717) is 5.56 Å². The Balaban J connectivity index is 2.50. The van der Waals surface area contributed by atoms with Crippen LogP contribution >= 0.6 is 12.2 Å². The van der Waals surface area contributed by atoms with Crippen molar-refractivity contribution in [2.75, 3.05) is 5.32 Å². The van der Waals surface area contributed by atoms with E-state index in [9.17, 15) is 8.78 Å². The van der Waals surface area contributed by atoms with Gasteiger partial charge in [-0.3, -0.25) is 0 Å². The number of halogens is 2. The fourth-order valence-corrected chi connectivity index (χ4v) is 1.96. The molecule has 0 saturated heterocycles. The molecule has 0 spiro atoms. The van der Waals surface area contributed by atoms with Gasteiger partial charge < -0.3 is 11.1 Å². The summed E-state index contributed by atoms with van der Waals surface area (Å²) >= 11 is 4.93. The van der Waals surface area contributed by atoms with Gasteiger partial charge in [0.15, 0.2) is 0 Å². The number of benzene rings is 1. The lowest BCUT2D eigenvalue weighted by atomic mass is 10.1. The van der Waals surface area contributed by atoms with Crippen LogP contribution in [0.5, 0.6) is 0 Å². The number of hydrogen-bond donors (Lipinski definition) is 2. The van der Waals surface area contributed by atoms with E-state index in [1.807, 2.05) is 0 Å². The maximum Gasteiger partial charge on any atom is 0.149 e. The first-order valence-electron chi connectivity index (χ1n) is 5.47. The zero-order valence-corrected chi connectivity index (χ0v) is 10.9. The Morgan fingerprint density at radius 2 is 1.89 bits per heavy atom. The van der Waals surface area contributed by atoms with E-state index < -0.39 is 11.6 Å². The highest BCUT2D eigenvalue weighted by molar-refractivity contribution is 7.80. The van der Waals surface area contributed by atoms with Gasteiger partial charge in [0, 0.05) is 6.20 Å². The summed E-state index contributed by atoms with van der Waals surface area (Å²) in [6.45, 7) is 1.79. The zero-order valence-electron chi connectivity index (χ0n) is 10.1. The number of nitrogens with zero attached hydrogens (tertiary/aromatic N) is 1. The number of rotatable bonds is 3. The molecule has 0 aliphatic carbocycles. The molecule has 2 aromatic rings. The molecule has 3 nitrogen and oxygen atoms in total. The summed E-state index contributed by atoms with van der Waals surface area (Å²) < 4.78 is 27.2. The van der Waals surface area contributed by atoms with Gasteiger partial charge in [-0.1, -0.05) is 18.3 Å². The van der Waals surface area contributed by atoms with Crippen molar-refractivity contribution < 1.29 is 8.78 Å². The molecule has 1 aromatic heterocycles. The Labute approximate surface area is 114 Å². The number of pyridine rings is 1. The van der Waals surface area contributed by atoms with Crippen LogP contribution in [-0.2, 0) is 0 Å². The molecule has 3 N–H and O–H groups in total. The molecule has 0 amide bonds. The topological polar surface area (TPSA) is 50.9 Å². The molecule has 6 heteroatoms. The molecule has 0 saturated carbocycles. The molecule has 0 radical (unpaired) electrons. The van der Waals surface area contributed by atoms with Crippen LogP contribution in [0.1, 0.15) is 11.1 Å². The molecular weight excluding hydrogens is 268 g/mol. The summed E-state index contributed by atoms with van der Waals surface area (Å²) in [6, 6.07) is 5.31. The Hall–Kier alpha value is -2.08. The third-order valence-electron chi connectivity index (χ3n) is 2.61. The number of thiocarbonyl (C=S) groups is 1. The molecular formula is C13H11F2N3S. The Morgan fingerprint density at radius 1 is 1.26 bits per heavy atom. The van der Waals surface area contributed by atoms with E-state index in [1.165, 1.54) is 12.3 Å². The van der Waals surface area contributed by atoms with Crippen molar-refractivity contribution >= 4 is 28.7 Å². The normalized spacial score (nSPS) is 10.3. The molecule has 0 bridgehead atoms. The number of aryl methyl sites for hydroxylation is 1. The second-order valence-electron chi connectivity index (χ2n) is 3.94. The molecule has 0 aliphatic rings. The molecule has 19 heavy (non-hydrogen) atoms. The Bertz CT molecular complexity index is 624. The minimum absolute atomic E-state index is 0.116. The number of aromatic nitrogens is 1. The molecule has 1 aromatic carbocycles. The smallest absolute Gasteiger partial charge is 0.149 e. The van der Waals surface area contributed by atoms with Crippen LogP contribution in [0.4, 0.5) is 20.3 Å². The van der Waals surface area contributed by atoms with Gasteiger partial charge in [-0.25, -0.2) is 13.8 Å². The zero-order chi connectivity index (χ0) is 14.0. The van der Waals surface area contributed by atoms with Gasteiger partial charge in [0.1, 0.15) is 28.1 Å². The number of nitrogens with two attached hydrogens (primary N) is 1. The van der Waals surface area contributed by atoms with E-state index in [4.69, 9.17) is 18.0 Å². The van der Waals surface area contributed by atoms with Crippen LogP contribution in [0, 0.1) is 18.6 Å². The predicted octanol–water partition coefficient (Wildman–Crippen LogP) is 3.05. The van der Waals surface area contributed by atoms with E-state index >= 15 is 0 Å². The van der Waals surface area contributed by atoms with Crippen LogP contribution < -0.4 is 11.1 Å². The first-order valence-corrected chi connectivity index (χ1v) is 5.88. The van der Waals surface area contributed by atoms with Gasteiger partial charge in [-0.05, 0) is 30.7 Å². The number of hydrogen-bond acceptors (Lipinski definition) is 3. The van der Waals surface area contributed by atoms with Gasteiger partial charge in [-0.2, -0.15) is 0 Å². The maximum absolute atomic E-state index is 13.6. The minimum Gasteiger partial charge on any atom is -0.389 e. The molecule has 0 atom stereocenters. The molecule has 2 rings (SSSR count). The highest BCUT2D eigenvalue weighted by atomic mass is 32.1. The van der Waals surface area contributed by atoms with E-state index in [0.717, 1.165) is 17.7 Å². The third-order valence-corrected chi connectivity index (χ3v) is 2.82. The van der Waals surface area contributed by atoms with Crippen molar-refractivity contribution in [3.8, 4) is 0 Å². The largest absolute Gasteiger partial charge is 0.389 e. The quantitative estimate of drug-likeness (QED) is 0.848. The minimum atomic E-state index is -0.711. The van der Waals surface area contributed by atoms with Gasteiger partial charge in [0.25, 0.3) is 0 Å². The number of anilines is 2.